The number of hydrogen-bond acceptors (Lipinski definition) is 4. The highest BCUT2D eigenvalue weighted by molar-refractivity contribution is 7.09. The second-order valence-corrected chi connectivity index (χ2v) is 6.47. The predicted molar refractivity (Wildman–Crippen MR) is 78.0 cm³/mol. The van der Waals surface area contributed by atoms with Crippen molar-refractivity contribution in [3.8, 4) is 0 Å². The van der Waals surface area contributed by atoms with Gasteiger partial charge in [-0.1, -0.05) is 13.3 Å². The van der Waals surface area contributed by atoms with E-state index < -0.39 is 0 Å². The molecule has 0 aliphatic heterocycles. The number of thiazole rings is 1. The first kappa shape index (κ1) is 14.0. The first-order valence-electron chi connectivity index (χ1n) is 7.02. The Bertz CT molecular complexity index is 364. The lowest BCUT2D eigenvalue weighted by atomic mass is 10.0. The number of nitrogens with zero attached hydrogens (tertiary/aromatic N) is 2. The normalized spacial score (nSPS) is 24.0. The Morgan fingerprint density at radius 3 is 3.00 bits per heavy atom. The van der Waals surface area contributed by atoms with Gasteiger partial charge in [-0.2, -0.15) is 0 Å². The summed E-state index contributed by atoms with van der Waals surface area (Å²) in [5, 5.41) is 6.98. The average Bonchev–Trinajstić information content (AvgIpc) is 2.90. The number of nitrogens with one attached hydrogen (secondary N) is 1. The van der Waals surface area contributed by atoms with Gasteiger partial charge in [0.25, 0.3) is 0 Å². The van der Waals surface area contributed by atoms with Crippen molar-refractivity contribution in [2.24, 2.45) is 5.92 Å². The van der Waals surface area contributed by atoms with Crippen LogP contribution in [0.3, 0.4) is 0 Å². The molecule has 2 atom stereocenters. The summed E-state index contributed by atoms with van der Waals surface area (Å²) in [6.45, 7) is 7.55. The van der Waals surface area contributed by atoms with E-state index in [9.17, 15) is 0 Å². The molecule has 2 rings (SSSR count). The van der Waals surface area contributed by atoms with Crippen LogP contribution in [-0.2, 0) is 6.54 Å². The maximum atomic E-state index is 4.54. The Balaban J connectivity index is 1.81. The Morgan fingerprint density at radius 1 is 1.50 bits per heavy atom. The smallest absolute Gasteiger partial charge is 0.0897 e. The SMILES string of the molecule is CCNC1CCCC1CN(C)Cc1csc(C)n1. The molecule has 1 aliphatic carbocycles. The van der Waals surface area contributed by atoms with Crippen LogP contribution in [0, 0.1) is 12.8 Å². The molecule has 1 heterocycles. The maximum Gasteiger partial charge on any atom is 0.0897 e. The topological polar surface area (TPSA) is 28.2 Å². The third kappa shape index (κ3) is 3.77. The molecule has 1 aliphatic rings. The van der Waals surface area contributed by atoms with Gasteiger partial charge in [0.2, 0.25) is 0 Å². The van der Waals surface area contributed by atoms with Gasteiger partial charge in [-0.15, -0.1) is 11.3 Å². The number of aryl methyl sites for hydroxylation is 1. The van der Waals surface area contributed by atoms with Crippen molar-refractivity contribution < 1.29 is 0 Å². The van der Waals surface area contributed by atoms with Crippen molar-refractivity contribution in [1.82, 2.24) is 15.2 Å². The first-order valence-corrected chi connectivity index (χ1v) is 7.90. The monoisotopic (exact) mass is 267 g/mol. The molecule has 1 fully saturated rings. The average molecular weight is 267 g/mol. The van der Waals surface area contributed by atoms with Gasteiger partial charge in [-0.05, 0) is 39.3 Å². The molecule has 0 amide bonds. The minimum atomic E-state index is 0.731. The molecule has 4 heteroatoms. The maximum absolute atomic E-state index is 4.54. The zero-order valence-corrected chi connectivity index (χ0v) is 12.6. The van der Waals surface area contributed by atoms with Gasteiger partial charge in [0, 0.05) is 24.5 Å². The van der Waals surface area contributed by atoms with Crippen LogP contribution in [0.2, 0.25) is 0 Å². The molecular formula is C14H25N3S. The molecule has 3 nitrogen and oxygen atoms in total. The van der Waals surface area contributed by atoms with E-state index in [4.69, 9.17) is 0 Å². The minimum Gasteiger partial charge on any atom is -0.314 e. The van der Waals surface area contributed by atoms with Gasteiger partial charge in [0.15, 0.2) is 0 Å². The van der Waals surface area contributed by atoms with Crippen LogP contribution in [0.5, 0.6) is 0 Å². The van der Waals surface area contributed by atoms with Crippen LogP contribution in [0.25, 0.3) is 0 Å². The van der Waals surface area contributed by atoms with Crippen molar-refractivity contribution in [2.75, 3.05) is 20.1 Å². The standard InChI is InChI=1S/C14H25N3S/c1-4-15-14-7-5-6-12(14)8-17(3)9-13-10-18-11(2)16-13/h10,12,14-15H,4-9H2,1-3H3. The van der Waals surface area contributed by atoms with Gasteiger partial charge < -0.3 is 10.2 Å². The molecular weight excluding hydrogens is 242 g/mol. The third-order valence-electron chi connectivity index (χ3n) is 3.77. The van der Waals surface area contributed by atoms with E-state index in [-0.39, 0.29) is 0 Å². The Morgan fingerprint density at radius 2 is 2.33 bits per heavy atom. The summed E-state index contributed by atoms with van der Waals surface area (Å²) in [6.07, 6.45) is 4.10. The van der Waals surface area contributed by atoms with E-state index in [1.54, 1.807) is 11.3 Å². The summed E-state index contributed by atoms with van der Waals surface area (Å²) in [5.74, 6) is 0.815. The highest BCUT2D eigenvalue weighted by Gasteiger charge is 2.27. The molecule has 1 N–H and O–H groups in total. The fourth-order valence-corrected chi connectivity index (χ4v) is 3.61. The number of rotatable bonds is 6. The van der Waals surface area contributed by atoms with Crippen LogP contribution in [0.1, 0.15) is 36.9 Å². The van der Waals surface area contributed by atoms with Crippen LogP contribution in [0.4, 0.5) is 0 Å². The predicted octanol–water partition coefficient (Wildman–Crippen LogP) is 2.66. The van der Waals surface area contributed by atoms with Gasteiger partial charge in [0.1, 0.15) is 0 Å². The molecule has 0 bridgehead atoms. The van der Waals surface area contributed by atoms with Gasteiger partial charge in [-0.25, -0.2) is 4.98 Å². The van der Waals surface area contributed by atoms with Crippen molar-refractivity contribution in [1.29, 1.82) is 0 Å². The summed E-state index contributed by atoms with van der Waals surface area (Å²) in [6, 6.07) is 0.731. The molecule has 1 aromatic heterocycles. The molecule has 2 unspecified atom stereocenters. The summed E-state index contributed by atoms with van der Waals surface area (Å²) >= 11 is 1.75. The quantitative estimate of drug-likeness (QED) is 0.859. The molecule has 0 radical (unpaired) electrons. The Kier molecular flexibility index (Phi) is 5.15. The van der Waals surface area contributed by atoms with Crippen molar-refractivity contribution in [3.63, 3.8) is 0 Å². The van der Waals surface area contributed by atoms with Gasteiger partial charge in [-0.3, -0.25) is 0 Å². The van der Waals surface area contributed by atoms with E-state index in [0.29, 0.717) is 0 Å². The molecule has 1 aromatic rings. The zero-order valence-electron chi connectivity index (χ0n) is 11.8. The fraction of sp³-hybridized carbons (Fsp3) is 0.786. The van der Waals surface area contributed by atoms with Gasteiger partial charge in [0.05, 0.1) is 10.7 Å². The largest absolute Gasteiger partial charge is 0.314 e. The summed E-state index contributed by atoms with van der Waals surface area (Å²) in [5.41, 5.74) is 1.22. The number of aromatic nitrogens is 1. The second-order valence-electron chi connectivity index (χ2n) is 5.41. The van der Waals surface area contributed by atoms with E-state index in [0.717, 1.165) is 25.0 Å². The summed E-state index contributed by atoms with van der Waals surface area (Å²) in [7, 11) is 2.22. The molecule has 0 aromatic carbocycles. The van der Waals surface area contributed by atoms with E-state index >= 15 is 0 Å². The first-order chi connectivity index (χ1) is 8.69. The lowest BCUT2D eigenvalue weighted by Gasteiger charge is -2.25. The van der Waals surface area contributed by atoms with Crippen LogP contribution >= 0.6 is 11.3 Å². The van der Waals surface area contributed by atoms with Crippen molar-refractivity contribution in [2.45, 2.75) is 45.7 Å². The van der Waals surface area contributed by atoms with Crippen LogP contribution in [-0.4, -0.2) is 36.1 Å². The van der Waals surface area contributed by atoms with Crippen molar-refractivity contribution in [3.05, 3.63) is 16.1 Å². The fourth-order valence-electron chi connectivity index (χ4n) is 3.01. The van der Waals surface area contributed by atoms with Crippen molar-refractivity contribution >= 4 is 11.3 Å². The molecule has 0 saturated heterocycles. The highest BCUT2D eigenvalue weighted by Crippen LogP contribution is 2.26. The van der Waals surface area contributed by atoms with Crippen LogP contribution < -0.4 is 5.32 Å². The lowest BCUT2D eigenvalue weighted by Crippen LogP contribution is -2.38. The molecule has 1 saturated carbocycles. The minimum absolute atomic E-state index is 0.731. The van der Waals surface area contributed by atoms with Gasteiger partial charge >= 0.3 is 0 Å². The molecule has 18 heavy (non-hydrogen) atoms. The number of hydrogen-bond donors (Lipinski definition) is 1. The lowest BCUT2D eigenvalue weighted by molar-refractivity contribution is 0.244. The Labute approximate surface area is 115 Å². The molecule has 102 valence electrons. The van der Waals surface area contributed by atoms with E-state index in [1.165, 1.54) is 36.5 Å². The summed E-state index contributed by atoms with van der Waals surface area (Å²) in [4.78, 5) is 6.97. The van der Waals surface area contributed by atoms with E-state index in [2.05, 4.69) is 41.5 Å². The van der Waals surface area contributed by atoms with E-state index in [1.807, 2.05) is 0 Å². The summed E-state index contributed by atoms with van der Waals surface area (Å²) < 4.78 is 0. The Hall–Kier alpha value is -0.450. The highest BCUT2D eigenvalue weighted by atomic mass is 32.1. The second kappa shape index (κ2) is 6.64. The zero-order chi connectivity index (χ0) is 13.0. The third-order valence-corrected chi connectivity index (χ3v) is 4.59. The van der Waals surface area contributed by atoms with Crippen LogP contribution in [0.15, 0.2) is 5.38 Å². The molecule has 0 spiro atoms.